The number of hydrogen-bond donors (Lipinski definition) is 1. The monoisotopic (exact) mass is 212 g/mol. The molecule has 3 heteroatoms. The zero-order valence-corrected chi connectivity index (χ0v) is 9.67. The highest BCUT2D eigenvalue weighted by molar-refractivity contribution is 6.30. The summed E-state index contributed by atoms with van der Waals surface area (Å²) in [5, 5.41) is 0.739. The van der Waals surface area contributed by atoms with Crippen LogP contribution < -0.4 is 5.73 Å². The average molecular weight is 213 g/mol. The fourth-order valence-electron chi connectivity index (χ4n) is 0.961. The van der Waals surface area contributed by atoms with Crippen LogP contribution in [0.2, 0.25) is 5.02 Å². The molecule has 0 bridgehead atoms. The van der Waals surface area contributed by atoms with Gasteiger partial charge in [0.1, 0.15) is 0 Å². The molecule has 0 heterocycles. The Morgan fingerprint density at radius 3 is 2.64 bits per heavy atom. The van der Waals surface area contributed by atoms with E-state index in [2.05, 4.69) is 4.99 Å². The summed E-state index contributed by atoms with van der Waals surface area (Å²) in [5.74, 6) is 0. The molecule has 0 fully saturated rings. The lowest BCUT2D eigenvalue weighted by Crippen LogP contribution is -1.92. The molecular formula is C11H17ClN2. The molecule has 78 valence electrons. The highest BCUT2D eigenvalue weighted by Gasteiger charge is 1.96. The second-order valence-corrected chi connectivity index (χ2v) is 3.00. The van der Waals surface area contributed by atoms with Crippen LogP contribution in [0.4, 0.5) is 0 Å². The van der Waals surface area contributed by atoms with Crippen LogP contribution in [0.1, 0.15) is 25.0 Å². The summed E-state index contributed by atoms with van der Waals surface area (Å²) in [6, 6.07) is 5.75. The maximum atomic E-state index is 5.81. The second kappa shape index (κ2) is 7.39. The molecule has 1 rings (SSSR count). The Bertz CT molecular complexity index is 295. The Hall–Kier alpha value is -1.02. The first kappa shape index (κ1) is 13.0. The Balaban J connectivity index is 0.000000791. The first-order valence-corrected chi connectivity index (χ1v) is 5.07. The van der Waals surface area contributed by atoms with Gasteiger partial charge in [-0.3, -0.25) is 4.99 Å². The van der Waals surface area contributed by atoms with Gasteiger partial charge in [0.15, 0.2) is 0 Å². The Labute approximate surface area is 90.8 Å². The van der Waals surface area contributed by atoms with Crippen molar-refractivity contribution < 1.29 is 0 Å². The van der Waals surface area contributed by atoms with Crippen molar-refractivity contribution in [3.05, 3.63) is 34.3 Å². The quantitative estimate of drug-likeness (QED) is 0.594. The topological polar surface area (TPSA) is 38.4 Å². The van der Waals surface area contributed by atoms with Crippen molar-refractivity contribution >= 4 is 17.9 Å². The maximum Gasteiger partial charge on any atom is 0.0801 e. The van der Waals surface area contributed by atoms with E-state index in [9.17, 15) is 0 Å². The zero-order valence-electron chi connectivity index (χ0n) is 8.92. The molecule has 0 saturated heterocycles. The van der Waals surface area contributed by atoms with Crippen molar-refractivity contribution in [3.63, 3.8) is 0 Å². The summed E-state index contributed by atoms with van der Waals surface area (Å²) in [4.78, 5) is 3.94. The first-order chi connectivity index (χ1) is 6.74. The second-order valence-electron chi connectivity index (χ2n) is 2.56. The summed E-state index contributed by atoms with van der Waals surface area (Å²) in [5.41, 5.74) is 7.44. The smallest absolute Gasteiger partial charge is 0.0801 e. The summed E-state index contributed by atoms with van der Waals surface area (Å²) in [6.07, 6.45) is 1.31. The fraction of sp³-hybridized carbons (Fsp3) is 0.364. The number of benzene rings is 1. The van der Waals surface area contributed by atoms with Crippen LogP contribution in [-0.4, -0.2) is 6.34 Å². The molecule has 1 aromatic rings. The average Bonchev–Trinajstić information content (AvgIpc) is 2.22. The molecule has 0 radical (unpaired) electrons. The third-order valence-electron chi connectivity index (χ3n) is 1.68. The predicted octanol–water partition coefficient (Wildman–Crippen LogP) is 3.16. The van der Waals surface area contributed by atoms with Crippen LogP contribution in [0.3, 0.4) is 0 Å². The molecule has 0 unspecified atom stereocenters. The van der Waals surface area contributed by atoms with E-state index in [1.165, 1.54) is 11.9 Å². The summed E-state index contributed by atoms with van der Waals surface area (Å²) >= 11 is 5.81. The largest absolute Gasteiger partial charge is 0.390 e. The normalized spacial score (nSPS) is 9.71. The Morgan fingerprint density at radius 1 is 1.43 bits per heavy atom. The molecule has 0 amide bonds. The highest BCUT2D eigenvalue weighted by atomic mass is 35.5. The molecule has 1 aromatic carbocycles. The summed E-state index contributed by atoms with van der Waals surface area (Å²) in [6.45, 7) is 6.63. The standard InChI is InChI=1S/C9H11ClN2.C2H6/c1-7-2-3-9(10)4-8(7)5-12-6-11;1-2/h2-4,6H,5H2,1H3,(H2,11,12);1-2H3. The third-order valence-corrected chi connectivity index (χ3v) is 1.91. The van der Waals surface area contributed by atoms with Crippen molar-refractivity contribution in [2.75, 3.05) is 0 Å². The van der Waals surface area contributed by atoms with Gasteiger partial charge in [-0.05, 0) is 30.2 Å². The van der Waals surface area contributed by atoms with Crippen molar-refractivity contribution in [1.82, 2.24) is 0 Å². The van der Waals surface area contributed by atoms with Gasteiger partial charge in [0.25, 0.3) is 0 Å². The minimum Gasteiger partial charge on any atom is -0.390 e. The molecule has 0 saturated carbocycles. The fourth-order valence-corrected chi connectivity index (χ4v) is 1.16. The minimum absolute atomic E-state index is 0.600. The van der Waals surface area contributed by atoms with Crippen LogP contribution in [0, 0.1) is 6.92 Å². The summed E-state index contributed by atoms with van der Waals surface area (Å²) in [7, 11) is 0. The van der Waals surface area contributed by atoms with Crippen LogP contribution in [-0.2, 0) is 6.54 Å². The van der Waals surface area contributed by atoms with E-state index in [-0.39, 0.29) is 0 Å². The lowest BCUT2D eigenvalue weighted by molar-refractivity contribution is 1.05. The maximum absolute atomic E-state index is 5.81. The van der Waals surface area contributed by atoms with Gasteiger partial charge in [0, 0.05) is 5.02 Å². The summed E-state index contributed by atoms with van der Waals surface area (Å²) < 4.78 is 0. The van der Waals surface area contributed by atoms with Crippen molar-refractivity contribution in [1.29, 1.82) is 0 Å². The number of nitrogens with zero attached hydrogens (tertiary/aromatic N) is 1. The lowest BCUT2D eigenvalue weighted by Gasteiger charge is -2.01. The predicted molar refractivity (Wildman–Crippen MR) is 63.9 cm³/mol. The molecule has 0 aromatic heterocycles. The van der Waals surface area contributed by atoms with Gasteiger partial charge in [-0.1, -0.05) is 31.5 Å². The highest BCUT2D eigenvalue weighted by Crippen LogP contribution is 2.15. The van der Waals surface area contributed by atoms with Gasteiger partial charge in [-0.25, -0.2) is 0 Å². The number of halogens is 1. The number of hydrogen-bond acceptors (Lipinski definition) is 1. The van der Waals surface area contributed by atoms with Gasteiger partial charge in [0.05, 0.1) is 12.9 Å². The molecular weight excluding hydrogens is 196 g/mol. The molecule has 14 heavy (non-hydrogen) atoms. The van der Waals surface area contributed by atoms with Crippen molar-refractivity contribution in [2.24, 2.45) is 10.7 Å². The van der Waals surface area contributed by atoms with Gasteiger partial charge in [0.2, 0.25) is 0 Å². The molecule has 0 aliphatic rings. The first-order valence-electron chi connectivity index (χ1n) is 4.69. The van der Waals surface area contributed by atoms with Crippen LogP contribution in [0.5, 0.6) is 0 Å². The van der Waals surface area contributed by atoms with Crippen molar-refractivity contribution in [3.8, 4) is 0 Å². The van der Waals surface area contributed by atoms with E-state index in [0.29, 0.717) is 6.54 Å². The molecule has 0 spiro atoms. The van der Waals surface area contributed by atoms with E-state index >= 15 is 0 Å². The van der Waals surface area contributed by atoms with Crippen LogP contribution in [0.15, 0.2) is 23.2 Å². The van der Waals surface area contributed by atoms with Crippen molar-refractivity contribution in [2.45, 2.75) is 27.3 Å². The van der Waals surface area contributed by atoms with E-state index in [0.717, 1.165) is 10.6 Å². The van der Waals surface area contributed by atoms with E-state index < -0.39 is 0 Å². The number of nitrogens with two attached hydrogens (primary N) is 1. The van der Waals surface area contributed by atoms with Gasteiger partial charge in [-0.2, -0.15) is 0 Å². The van der Waals surface area contributed by atoms with Gasteiger partial charge in [-0.15, -0.1) is 0 Å². The third kappa shape index (κ3) is 4.28. The molecule has 0 atom stereocenters. The molecule has 0 aliphatic carbocycles. The number of aliphatic imine (C=N–C) groups is 1. The van der Waals surface area contributed by atoms with E-state index in [4.69, 9.17) is 17.3 Å². The van der Waals surface area contributed by atoms with Crippen LogP contribution in [0.25, 0.3) is 0 Å². The number of rotatable bonds is 2. The van der Waals surface area contributed by atoms with E-state index in [1.807, 2.05) is 39.0 Å². The minimum atomic E-state index is 0.600. The van der Waals surface area contributed by atoms with Gasteiger partial charge < -0.3 is 5.73 Å². The Kier molecular flexibility index (Phi) is 6.85. The molecule has 0 aliphatic heterocycles. The molecule has 2 nitrogen and oxygen atoms in total. The van der Waals surface area contributed by atoms with E-state index in [1.54, 1.807) is 0 Å². The Morgan fingerprint density at radius 2 is 2.07 bits per heavy atom. The molecule has 2 N–H and O–H groups in total. The van der Waals surface area contributed by atoms with Gasteiger partial charge >= 0.3 is 0 Å². The van der Waals surface area contributed by atoms with Crippen LogP contribution >= 0.6 is 11.6 Å². The number of aryl methyl sites for hydroxylation is 1. The zero-order chi connectivity index (χ0) is 11.0. The lowest BCUT2D eigenvalue weighted by atomic mass is 10.1. The SMILES string of the molecule is CC.Cc1ccc(Cl)cc1CN=CN.